The number of benzene rings is 1. The standard InChI is InChI=1S/C13H16ClF2NO/c1-3-17(4-2)13(18)11(14)9-5-7-10(8-6-9)12(15)16/h5-8,11-12H,3-4H2,1-2H3. The summed E-state index contributed by atoms with van der Waals surface area (Å²) < 4.78 is 24.8. The summed E-state index contributed by atoms with van der Waals surface area (Å²) in [7, 11) is 0. The summed E-state index contributed by atoms with van der Waals surface area (Å²) in [5.74, 6) is -0.202. The quantitative estimate of drug-likeness (QED) is 0.749. The van der Waals surface area contributed by atoms with E-state index in [-0.39, 0.29) is 11.5 Å². The van der Waals surface area contributed by atoms with E-state index in [9.17, 15) is 13.6 Å². The molecule has 1 aromatic carbocycles. The fourth-order valence-electron chi connectivity index (χ4n) is 1.65. The monoisotopic (exact) mass is 275 g/mol. The van der Waals surface area contributed by atoms with Gasteiger partial charge in [-0.1, -0.05) is 24.3 Å². The van der Waals surface area contributed by atoms with Crippen LogP contribution in [0.1, 0.15) is 36.8 Å². The predicted octanol–water partition coefficient (Wildman–Crippen LogP) is 3.77. The molecule has 0 saturated heterocycles. The molecule has 18 heavy (non-hydrogen) atoms. The van der Waals surface area contributed by atoms with E-state index in [1.165, 1.54) is 24.3 Å². The molecule has 0 bridgehead atoms. The summed E-state index contributed by atoms with van der Waals surface area (Å²) in [5.41, 5.74) is 0.468. The molecule has 0 saturated carbocycles. The van der Waals surface area contributed by atoms with Crippen LogP contribution in [0.25, 0.3) is 0 Å². The van der Waals surface area contributed by atoms with E-state index in [0.717, 1.165) is 0 Å². The van der Waals surface area contributed by atoms with Crippen LogP contribution in [0, 0.1) is 0 Å². The Labute approximate surface area is 111 Å². The minimum Gasteiger partial charge on any atom is -0.342 e. The molecule has 0 fully saturated rings. The summed E-state index contributed by atoms with van der Waals surface area (Å²) in [6.45, 7) is 4.89. The van der Waals surface area contributed by atoms with Crippen LogP contribution in [0.4, 0.5) is 8.78 Å². The molecule has 1 aromatic rings. The van der Waals surface area contributed by atoms with Gasteiger partial charge in [0.15, 0.2) is 0 Å². The van der Waals surface area contributed by atoms with E-state index in [1.807, 2.05) is 13.8 Å². The summed E-state index contributed by atoms with van der Waals surface area (Å²) >= 11 is 6.06. The van der Waals surface area contributed by atoms with Crippen molar-refractivity contribution in [3.8, 4) is 0 Å². The minimum atomic E-state index is -2.51. The van der Waals surface area contributed by atoms with Gasteiger partial charge in [-0.2, -0.15) is 0 Å². The van der Waals surface area contributed by atoms with Crippen LogP contribution in [0.3, 0.4) is 0 Å². The molecule has 1 amide bonds. The van der Waals surface area contributed by atoms with Crippen molar-refractivity contribution in [1.82, 2.24) is 4.90 Å². The Morgan fingerprint density at radius 2 is 1.61 bits per heavy atom. The third-order valence-electron chi connectivity index (χ3n) is 2.77. The van der Waals surface area contributed by atoms with Gasteiger partial charge in [-0.25, -0.2) is 8.78 Å². The fraction of sp³-hybridized carbons (Fsp3) is 0.462. The largest absolute Gasteiger partial charge is 0.342 e. The van der Waals surface area contributed by atoms with Crippen molar-refractivity contribution in [3.05, 3.63) is 35.4 Å². The van der Waals surface area contributed by atoms with Gasteiger partial charge in [0, 0.05) is 18.7 Å². The minimum absolute atomic E-state index is 0.0714. The van der Waals surface area contributed by atoms with Gasteiger partial charge in [0.05, 0.1) is 0 Å². The lowest BCUT2D eigenvalue weighted by atomic mass is 10.1. The highest BCUT2D eigenvalue weighted by Gasteiger charge is 2.22. The van der Waals surface area contributed by atoms with E-state index in [4.69, 9.17) is 11.6 Å². The lowest BCUT2D eigenvalue weighted by Crippen LogP contribution is -2.33. The van der Waals surface area contributed by atoms with Gasteiger partial charge in [0.1, 0.15) is 5.38 Å². The molecule has 1 unspecified atom stereocenters. The van der Waals surface area contributed by atoms with E-state index in [0.29, 0.717) is 18.7 Å². The number of nitrogens with zero attached hydrogens (tertiary/aromatic N) is 1. The molecule has 2 nitrogen and oxygen atoms in total. The van der Waals surface area contributed by atoms with Crippen LogP contribution >= 0.6 is 11.6 Å². The molecule has 100 valence electrons. The van der Waals surface area contributed by atoms with Crippen LogP contribution in [0.2, 0.25) is 0 Å². The molecule has 1 rings (SSSR count). The van der Waals surface area contributed by atoms with Crippen molar-refractivity contribution < 1.29 is 13.6 Å². The average molecular weight is 276 g/mol. The van der Waals surface area contributed by atoms with Gasteiger partial charge in [-0.05, 0) is 19.4 Å². The maximum absolute atomic E-state index is 12.4. The van der Waals surface area contributed by atoms with Gasteiger partial charge in [0.25, 0.3) is 6.43 Å². The Morgan fingerprint density at radius 3 is 2.00 bits per heavy atom. The summed E-state index contributed by atoms with van der Waals surface area (Å²) in [4.78, 5) is 13.6. The number of alkyl halides is 3. The maximum Gasteiger partial charge on any atom is 0.263 e. The zero-order valence-corrected chi connectivity index (χ0v) is 11.1. The summed E-state index contributed by atoms with van der Waals surface area (Å²) in [6, 6.07) is 5.54. The third kappa shape index (κ3) is 3.42. The molecular weight excluding hydrogens is 260 g/mol. The second-order valence-corrected chi connectivity index (χ2v) is 4.28. The predicted molar refractivity (Wildman–Crippen MR) is 67.9 cm³/mol. The molecule has 0 aromatic heterocycles. The number of hydrogen-bond acceptors (Lipinski definition) is 1. The lowest BCUT2D eigenvalue weighted by Gasteiger charge is -2.21. The first-order chi connectivity index (χ1) is 8.51. The van der Waals surface area contributed by atoms with Gasteiger partial charge < -0.3 is 4.90 Å². The molecule has 1 atom stereocenters. The number of halogens is 3. The van der Waals surface area contributed by atoms with E-state index < -0.39 is 11.8 Å². The number of hydrogen-bond donors (Lipinski definition) is 0. The highest BCUT2D eigenvalue weighted by molar-refractivity contribution is 6.30. The number of likely N-dealkylation sites (N-methyl/N-ethyl adjacent to an activating group) is 1. The van der Waals surface area contributed by atoms with Crippen LogP contribution in [-0.2, 0) is 4.79 Å². The molecule has 0 N–H and O–H groups in total. The molecule has 0 aliphatic carbocycles. The fourth-order valence-corrected chi connectivity index (χ4v) is 1.93. The topological polar surface area (TPSA) is 20.3 Å². The maximum atomic E-state index is 12.4. The first-order valence-corrected chi connectivity index (χ1v) is 6.25. The van der Waals surface area contributed by atoms with Crippen LogP contribution in [0.5, 0.6) is 0 Å². The van der Waals surface area contributed by atoms with E-state index in [1.54, 1.807) is 4.90 Å². The van der Waals surface area contributed by atoms with Gasteiger partial charge in [-0.3, -0.25) is 4.79 Å². The van der Waals surface area contributed by atoms with Gasteiger partial charge in [-0.15, -0.1) is 11.6 Å². The van der Waals surface area contributed by atoms with Crippen molar-refractivity contribution in [3.63, 3.8) is 0 Å². The smallest absolute Gasteiger partial charge is 0.263 e. The zero-order chi connectivity index (χ0) is 13.7. The third-order valence-corrected chi connectivity index (χ3v) is 3.21. The summed E-state index contributed by atoms with van der Waals surface area (Å²) in [5, 5.41) is -0.823. The van der Waals surface area contributed by atoms with Crippen LogP contribution in [-0.4, -0.2) is 23.9 Å². The normalized spacial score (nSPS) is 12.6. The highest BCUT2D eigenvalue weighted by Crippen LogP contribution is 2.26. The number of rotatable bonds is 5. The Balaban J connectivity index is 2.83. The Bertz CT molecular complexity index is 390. The van der Waals surface area contributed by atoms with Gasteiger partial charge >= 0.3 is 0 Å². The molecule has 0 radical (unpaired) electrons. The zero-order valence-electron chi connectivity index (χ0n) is 10.4. The molecule has 5 heteroatoms. The number of carbonyl (C=O) groups is 1. The first-order valence-electron chi connectivity index (χ1n) is 5.82. The summed E-state index contributed by atoms with van der Waals surface area (Å²) in [6.07, 6.45) is -2.51. The second kappa shape index (κ2) is 6.69. The van der Waals surface area contributed by atoms with Crippen molar-refractivity contribution in [2.45, 2.75) is 25.7 Å². The Hall–Kier alpha value is -1.16. The SMILES string of the molecule is CCN(CC)C(=O)C(Cl)c1ccc(C(F)F)cc1. The Morgan fingerprint density at radius 1 is 1.17 bits per heavy atom. The Kier molecular flexibility index (Phi) is 5.54. The van der Waals surface area contributed by atoms with Crippen molar-refractivity contribution in [2.75, 3.05) is 13.1 Å². The van der Waals surface area contributed by atoms with E-state index >= 15 is 0 Å². The second-order valence-electron chi connectivity index (χ2n) is 3.84. The lowest BCUT2D eigenvalue weighted by molar-refractivity contribution is -0.130. The van der Waals surface area contributed by atoms with Crippen LogP contribution in [0.15, 0.2) is 24.3 Å². The first kappa shape index (κ1) is 14.9. The van der Waals surface area contributed by atoms with Crippen molar-refractivity contribution in [1.29, 1.82) is 0 Å². The van der Waals surface area contributed by atoms with Crippen molar-refractivity contribution >= 4 is 17.5 Å². The number of carbonyl (C=O) groups excluding carboxylic acids is 1. The van der Waals surface area contributed by atoms with Crippen molar-refractivity contribution in [2.24, 2.45) is 0 Å². The van der Waals surface area contributed by atoms with E-state index in [2.05, 4.69) is 0 Å². The van der Waals surface area contributed by atoms with Crippen LogP contribution < -0.4 is 0 Å². The highest BCUT2D eigenvalue weighted by atomic mass is 35.5. The molecule has 0 spiro atoms. The molecule has 0 aliphatic rings. The molecular formula is C13H16ClF2NO. The molecule has 0 heterocycles. The van der Waals surface area contributed by atoms with Gasteiger partial charge in [0.2, 0.25) is 5.91 Å². The number of amides is 1. The average Bonchev–Trinajstić information content (AvgIpc) is 2.39. The molecule has 0 aliphatic heterocycles.